The Morgan fingerprint density at radius 3 is 1.50 bits per heavy atom. The van der Waals surface area contributed by atoms with Gasteiger partial charge in [-0.05, 0) is 0 Å². The minimum absolute atomic E-state index is 0.0572. The molecule has 0 fully saturated rings. The van der Waals surface area contributed by atoms with Gasteiger partial charge in [0.2, 0.25) is 0 Å². The minimum Gasteiger partial charge on any atom is -0.262 e. The van der Waals surface area contributed by atoms with Gasteiger partial charge in [-0.25, -0.2) is 0 Å². The summed E-state index contributed by atoms with van der Waals surface area (Å²) in [4.78, 5) is 0. The average molecular weight is 150 g/mol. The van der Waals surface area contributed by atoms with Gasteiger partial charge in [-0.2, -0.15) is 0 Å². The summed E-state index contributed by atoms with van der Waals surface area (Å²) in [5.74, 6) is 0. The minimum atomic E-state index is 0.0572. The van der Waals surface area contributed by atoms with Gasteiger partial charge in [0, 0.05) is 19.5 Å². The fourth-order valence-corrected chi connectivity index (χ4v) is 5.40. The van der Waals surface area contributed by atoms with Crippen LogP contribution in [0.3, 0.4) is 0 Å². The Labute approximate surface area is 48.0 Å². The monoisotopic (exact) mass is 150 g/mol. The second-order valence-corrected chi connectivity index (χ2v) is 6.54. The van der Waals surface area contributed by atoms with Crippen LogP contribution in [0, 0.1) is 0 Å². The molecule has 0 aliphatic heterocycles. The van der Waals surface area contributed by atoms with E-state index >= 15 is 0 Å². The number of nitrogens with zero attached hydrogens (tertiary/aromatic N) is 2. The SMILES string of the molecule is [SiH3][SiH2]N=N[SiH2][SiH3]. The van der Waals surface area contributed by atoms with Crippen molar-refractivity contribution < 1.29 is 0 Å². The van der Waals surface area contributed by atoms with Crippen LogP contribution in [0.2, 0.25) is 0 Å². The van der Waals surface area contributed by atoms with Crippen LogP contribution in [0.5, 0.6) is 0 Å². The lowest BCUT2D eigenvalue weighted by Crippen LogP contribution is -1.83. The van der Waals surface area contributed by atoms with E-state index in [2.05, 4.69) is 9.56 Å². The molecule has 0 heterocycles. The maximum Gasteiger partial charge on any atom is 0.155 e. The highest BCUT2D eigenvalue weighted by Gasteiger charge is 1.63. The van der Waals surface area contributed by atoms with E-state index in [9.17, 15) is 0 Å². The summed E-state index contributed by atoms with van der Waals surface area (Å²) in [6.45, 7) is 0. The van der Waals surface area contributed by atoms with Crippen LogP contribution >= 0.6 is 0 Å². The fourth-order valence-electron chi connectivity index (χ4n) is 0.200. The molecular weight excluding hydrogens is 140 g/mol. The molecule has 6 heteroatoms. The summed E-state index contributed by atoms with van der Waals surface area (Å²) >= 11 is 0. The molecule has 0 unspecified atom stereocenters. The van der Waals surface area contributed by atoms with E-state index < -0.39 is 0 Å². The number of hydrogen-bond acceptors (Lipinski definition) is 2. The highest BCUT2D eigenvalue weighted by molar-refractivity contribution is 6.90. The van der Waals surface area contributed by atoms with E-state index in [0.717, 1.165) is 0 Å². The highest BCUT2D eigenvalue weighted by Crippen LogP contribution is 1.58. The summed E-state index contributed by atoms with van der Waals surface area (Å²) in [5, 5.41) is 0. The molecule has 0 bridgehead atoms. The Hall–Kier alpha value is 0.468. The standard InChI is InChI=1S/H10N2Si4/c3-5-1-2-6-4/h5-6H2,3-4H3. The van der Waals surface area contributed by atoms with E-state index in [1.165, 1.54) is 19.5 Å². The molecule has 0 N–H and O–H groups in total. The third-order valence-electron chi connectivity index (χ3n) is 0.383. The molecule has 36 valence electrons. The highest BCUT2D eigenvalue weighted by atomic mass is 29.1. The molecule has 6 heavy (non-hydrogen) atoms. The molecule has 0 radical (unpaired) electrons. The molecule has 0 saturated heterocycles. The van der Waals surface area contributed by atoms with Crippen LogP contribution in [-0.4, -0.2) is 37.9 Å². The predicted molar refractivity (Wildman–Crippen MR) is 41.8 cm³/mol. The fraction of sp³-hybridized carbons (Fsp3) is 0. The first kappa shape index (κ1) is 6.47. The summed E-state index contributed by atoms with van der Waals surface area (Å²) in [6.07, 6.45) is 0. The van der Waals surface area contributed by atoms with E-state index in [4.69, 9.17) is 0 Å². The van der Waals surface area contributed by atoms with Crippen molar-refractivity contribution in [2.24, 2.45) is 9.56 Å². The van der Waals surface area contributed by atoms with Crippen molar-refractivity contribution in [2.75, 3.05) is 0 Å². The molecule has 0 spiro atoms. The van der Waals surface area contributed by atoms with Crippen LogP contribution in [0.25, 0.3) is 0 Å². The van der Waals surface area contributed by atoms with Crippen molar-refractivity contribution in [3.63, 3.8) is 0 Å². The average Bonchev–Trinajstić information content (AvgIpc) is 1.61. The van der Waals surface area contributed by atoms with E-state index in [1.807, 2.05) is 0 Å². The molecule has 0 aromatic carbocycles. The van der Waals surface area contributed by atoms with Gasteiger partial charge >= 0.3 is 0 Å². The van der Waals surface area contributed by atoms with Crippen LogP contribution in [-0.2, 0) is 0 Å². The Kier molecular flexibility index (Phi) is 5.89. The van der Waals surface area contributed by atoms with Crippen LogP contribution < -0.4 is 0 Å². The van der Waals surface area contributed by atoms with Gasteiger partial charge in [-0.15, -0.1) is 0 Å². The van der Waals surface area contributed by atoms with Gasteiger partial charge in [0.05, 0.1) is 0 Å². The Morgan fingerprint density at radius 1 is 1.00 bits per heavy atom. The lowest BCUT2D eigenvalue weighted by atomic mass is 13.2. The first-order valence-electron chi connectivity index (χ1n) is 2.25. The molecule has 0 amide bonds. The van der Waals surface area contributed by atoms with Crippen molar-refractivity contribution in [3.8, 4) is 0 Å². The summed E-state index contributed by atoms with van der Waals surface area (Å²) in [6, 6.07) is 0. The normalized spacial score (nSPS) is 15.3. The maximum absolute atomic E-state index is 4.01. The summed E-state index contributed by atoms with van der Waals surface area (Å²) in [7, 11) is 2.75. The van der Waals surface area contributed by atoms with Gasteiger partial charge in [-0.1, -0.05) is 0 Å². The van der Waals surface area contributed by atoms with Crippen molar-refractivity contribution in [3.05, 3.63) is 0 Å². The molecule has 0 aliphatic rings. The predicted octanol–water partition coefficient (Wildman–Crippen LogP) is -3.83. The second kappa shape index (κ2) is 5.47. The Bertz CT molecular complexity index is 34.8. The topological polar surface area (TPSA) is 24.7 Å². The molecule has 0 aliphatic carbocycles. The quantitative estimate of drug-likeness (QED) is 0.285. The third kappa shape index (κ3) is 4.47. The smallest absolute Gasteiger partial charge is 0.155 e. The van der Waals surface area contributed by atoms with Crippen molar-refractivity contribution in [1.29, 1.82) is 0 Å². The largest absolute Gasteiger partial charge is 0.262 e. The van der Waals surface area contributed by atoms with Gasteiger partial charge in [0.25, 0.3) is 0 Å². The van der Waals surface area contributed by atoms with Crippen LogP contribution in [0.1, 0.15) is 0 Å². The molecule has 0 aromatic heterocycles. The van der Waals surface area contributed by atoms with Crippen LogP contribution in [0.4, 0.5) is 0 Å². The molecular formula is H10N2Si4. The van der Waals surface area contributed by atoms with E-state index in [-0.39, 0.29) is 18.4 Å². The molecule has 0 aromatic rings. The first-order valence-corrected chi connectivity index (χ1v) is 14.8. The molecule has 0 saturated carbocycles. The summed E-state index contributed by atoms with van der Waals surface area (Å²) < 4.78 is 8.02. The summed E-state index contributed by atoms with van der Waals surface area (Å²) in [5.41, 5.74) is 0. The van der Waals surface area contributed by atoms with Gasteiger partial charge in [-0.3, -0.25) is 9.56 Å². The molecule has 2 nitrogen and oxygen atoms in total. The first-order chi connectivity index (χ1) is 2.91. The van der Waals surface area contributed by atoms with E-state index in [1.54, 1.807) is 0 Å². The maximum atomic E-state index is 4.01. The van der Waals surface area contributed by atoms with E-state index in [0.29, 0.717) is 0 Å². The lowest BCUT2D eigenvalue weighted by Gasteiger charge is -1.73. The molecule has 0 atom stereocenters. The Morgan fingerprint density at radius 2 is 1.33 bits per heavy atom. The third-order valence-corrected chi connectivity index (χ3v) is 3.45. The second-order valence-electron chi connectivity index (χ2n) is 0.915. The zero-order valence-corrected chi connectivity index (χ0v) is 11.1. The van der Waals surface area contributed by atoms with Gasteiger partial charge < -0.3 is 0 Å². The number of rotatable bonds is 2. The molecule has 0 rings (SSSR count). The van der Waals surface area contributed by atoms with Crippen molar-refractivity contribution in [1.82, 2.24) is 0 Å². The Balaban J connectivity index is 2.73. The zero-order valence-electron chi connectivity index (χ0n) is 4.31. The van der Waals surface area contributed by atoms with Crippen molar-refractivity contribution in [2.45, 2.75) is 0 Å². The lowest BCUT2D eigenvalue weighted by molar-refractivity contribution is 1.47. The van der Waals surface area contributed by atoms with Gasteiger partial charge in [0.15, 0.2) is 18.4 Å². The van der Waals surface area contributed by atoms with Crippen LogP contribution in [0.15, 0.2) is 9.56 Å². The zero-order chi connectivity index (χ0) is 4.83. The number of hydrogen-bond donors (Lipinski definition) is 0. The van der Waals surface area contributed by atoms with Crippen molar-refractivity contribution >= 4 is 37.9 Å². The van der Waals surface area contributed by atoms with Gasteiger partial charge in [0.1, 0.15) is 0 Å².